The van der Waals surface area contributed by atoms with Crippen LogP contribution in [0.3, 0.4) is 0 Å². The summed E-state index contributed by atoms with van der Waals surface area (Å²) < 4.78 is 22.7. The number of aromatic amines is 1. The van der Waals surface area contributed by atoms with Crippen molar-refractivity contribution in [3.8, 4) is 11.3 Å². The van der Waals surface area contributed by atoms with Crippen molar-refractivity contribution in [1.29, 1.82) is 0 Å². The Morgan fingerprint density at radius 3 is 2.52 bits per heavy atom. The molecule has 0 aliphatic rings. The van der Waals surface area contributed by atoms with Crippen LogP contribution in [0.1, 0.15) is 16.1 Å². The van der Waals surface area contributed by atoms with Gasteiger partial charge in [-0.15, -0.1) is 0 Å². The summed E-state index contributed by atoms with van der Waals surface area (Å²) >= 11 is 0. The van der Waals surface area contributed by atoms with E-state index in [4.69, 9.17) is 5.14 Å². The van der Waals surface area contributed by atoms with E-state index in [0.29, 0.717) is 11.4 Å². The van der Waals surface area contributed by atoms with Crippen LogP contribution in [-0.2, 0) is 10.0 Å². The third kappa shape index (κ3) is 3.93. The zero-order valence-electron chi connectivity index (χ0n) is 13.4. The molecule has 0 spiro atoms. The molecule has 0 aliphatic carbocycles. The lowest BCUT2D eigenvalue weighted by molar-refractivity contribution is 0.102. The Bertz CT molecular complexity index is 1020. The van der Waals surface area contributed by atoms with E-state index in [9.17, 15) is 13.2 Å². The maximum atomic E-state index is 12.3. The number of aryl methyl sites for hydroxylation is 1. The van der Waals surface area contributed by atoms with Crippen molar-refractivity contribution in [1.82, 2.24) is 10.2 Å². The van der Waals surface area contributed by atoms with E-state index >= 15 is 0 Å². The van der Waals surface area contributed by atoms with Gasteiger partial charge in [-0.3, -0.25) is 9.89 Å². The fraction of sp³-hybridized carbons (Fsp3) is 0.0588. The van der Waals surface area contributed by atoms with Crippen molar-refractivity contribution in [3.05, 3.63) is 65.9 Å². The van der Waals surface area contributed by atoms with Crippen LogP contribution in [0, 0.1) is 6.92 Å². The molecule has 8 heteroatoms. The van der Waals surface area contributed by atoms with Crippen LogP contribution in [0.4, 0.5) is 5.69 Å². The van der Waals surface area contributed by atoms with E-state index in [1.165, 1.54) is 18.2 Å². The lowest BCUT2D eigenvalue weighted by atomic mass is 10.1. The second-order valence-electron chi connectivity index (χ2n) is 5.56. The summed E-state index contributed by atoms with van der Waals surface area (Å²) in [6, 6.07) is 15.1. The van der Waals surface area contributed by atoms with Gasteiger partial charge in [0.2, 0.25) is 10.0 Å². The molecular formula is C17H16N4O3S. The molecule has 4 N–H and O–H groups in total. The largest absolute Gasteiger partial charge is 0.321 e. The van der Waals surface area contributed by atoms with Crippen LogP contribution in [-0.4, -0.2) is 24.5 Å². The third-order valence-electron chi connectivity index (χ3n) is 3.59. The van der Waals surface area contributed by atoms with Gasteiger partial charge in [0, 0.05) is 11.3 Å². The van der Waals surface area contributed by atoms with Crippen molar-refractivity contribution < 1.29 is 13.2 Å². The molecule has 1 aromatic heterocycles. The second-order valence-corrected chi connectivity index (χ2v) is 7.12. The van der Waals surface area contributed by atoms with Gasteiger partial charge in [0.05, 0.1) is 10.6 Å². The summed E-state index contributed by atoms with van der Waals surface area (Å²) in [7, 11) is -3.83. The molecule has 0 atom stereocenters. The number of amides is 1. The molecule has 25 heavy (non-hydrogen) atoms. The van der Waals surface area contributed by atoms with Gasteiger partial charge in [0.25, 0.3) is 5.91 Å². The molecule has 3 aromatic rings. The van der Waals surface area contributed by atoms with E-state index in [1.807, 2.05) is 31.2 Å². The fourth-order valence-corrected chi connectivity index (χ4v) is 2.82. The molecular weight excluding hydrogens is 340 g/mol. The topological polar surface area (TPSA) is 118 Å². The highest BCUT2D eigenvalue weighted by Crippen LogP contribution is 2.19. The normalized spacial score (nSPS) is 11.3. The molecule has 2 aromatic carbocycles. The zero-order valence-corrected chi connectivity index (χ0v) is 14.2. The average Bonchev–Trinajstić information content (AvgIpc) is 3.05. The number of nitrogens with two attached hydrogens (primary N) is 1. The number of sulfonamides is 1. The second kappa shape index (κ2) is 6.50. The first kappa shape index (κ1) is 16.9. The van der Waals surface area contributed by atoms with Gasteiger partial charge in [0.1, 0.15) is 5.69 Å². The molecule has 1 heterocycles. The van der Waals surface area contributed by atoms with Gasteiger partial charge in [0.15, 0.2) is 0 Å². The Kier molecular flexibility index (Phi) is 4.39. The van der Waals surface area contributed by atoms with E-state index in [1.54, 1.807) is 12.1 Å². The number of anilines is 1. The average molecular weight is 356 g/mol. The van der Waals surface area contributed by atoms with Gasteiger partial charge in [-0.1, -0.05) is 35.9 Å². The predicted molar refractivity (Wildman–Crippen MR) is 94.5 cm³/mol. The molecule has 1 amide bonds. The Morgan fingerprint density at radius 1 is 1.12 bits per heavy atom. The quantitative estimate of drug-likeness (QED) is 0.664. The maximum absolute atomic E-state index is 12.3. The van der Waals surface area contributed by atoms with Crippen molar-refractivity contribution in [2.45, 2.75) is 11.8 Å². The van der Waals surface area contributed by atoms with E-state index < -0.39 is 15.9 Å². The standard InChI is InChI=1S/C17H16N4O3S/c1-11-5-7-12(8-6-11)15-10-16(21-20-15)17(22)19-13-3-2-4-14(9-13)25(18,23)24/h2-10H,1H3,(H,19,22)(H,20,21)(H2,18,23,24). The monoisotopic (exact) mass is 356 g/mol. The molecule has 0 unspecified atom stereocenters. The molecule has 0 saturated carbocycles. The zero-order chi connectivity index (χ0) is 18.0. The fourth-order valence-electron chi connectivity index (χ4n) is 2.26. The summed E-state index contributed by atoms with van der Waals surface area (Å²) in [4.78, 5) is 12.2. The summed E-state index contributed by atoms with van der Waals surface area (Å²) in [6.45, 7) is 1.99. The number of primary sulfonamides is 1. The minimum atomic E-state index is -3.83. The van der Waals surface area contributed by atoms with Gasteiger partial charge in [-0.25, -0.2) is 13.6 Å². The minimum absolute atomic E-state index is 0.0738. The maximum Gasteiger partial charge on any atom is 0.273 e. The number of hydrogen-bond acceptors (Lipinski definition) is 4. The first-order valence-corrected chi connectivity index (χ1v) is 8.94. The van der Waals surface area contributed by atoms with E-state index in [2.05, 4.69) is 15.5 Å². The molecule has 0 radical (unpaired) electrons. The minimum Gasteiger partial charge on any atom is -0.321 e. The van der Waals surface area contributed by atoms with Gasteiger partial charge < -0.3 is 5.32 Å². The number of rotatable bonds is 4. The third-order valence-corrected chi connectivity index (χ3v) is 4.50. The molecule has 0 bridgehead atoms. The van der Waals surface area contributed by atoms with Crippen LogP contribution < -0.4 is 10.5 Å². The predicted octanol–water partition coefficient (Wildman–Crippen LogP) is 2.28. The van der Waals surface area contributed by atoms with Crippen molar-refractivity contribution in [3.63, 3.8) is 0 Å². The first-order chi connectivity index (χ1) is 11.8. The highest BCUT2D eigenvalue weighted by molar-refractivity contribution is 7.89. The molecule has 7 nitrogen and oxygen atoms in total. The van der Waals surface area contributed by atoms with Crippen LogP contribution in [0.25, 0.3) is 11.3 Å². The lowest BCUT2D eigenvalue weighted by Gasteiger charge is -2.05. The number of nitrogens with one attached hydrogen (secondary N) is 2. The smallest absolute Gasteiger partial charge is 0.273 e. The Hall–Kier alpha value is -2.97. The molecule has 0 aliphatic heterocycles. The number of benzene rings is 2. The lowest BCUT2D eigenvalue weighted by Crippen LogP contribution is -2.15. The molecule has 3 rings (SSSR count). The molecule has 0 fully saturated rings. The van der Waals surface area contributed by atoms with Crippen molar-refractivity contribution in [2.24, 2.45) is 5.14 Å². The summed E-state index contributed by atoms with van der Waals surface area (Å²) in [5.74, 6) is -0.433. The van der Waals surface area contributed by atoms with Gasteiger partial charge >= 0.3 is 0 Å². The first-order valence-electron chi connectivity index (χ1n) is 7.39. The van der Waals surface area contributed by atoms with Crippen molar-refractivity contribution in [2.75, 3.05) is 5.32 Å². The summed E-state index contributed by atoms with van der Waals surface area (Å²) in [6.07, 6.45) is 0. The Labute approximate surface area is 144 Å². The van der Waals surface area contributed by atoms with Crippen LogP contribution in [0.2, 0.25) is 0 Å². The number of carbonyl (C=O) groups excluding carboxylic acids is 1. The number of H-pyrrole nitrogens is 1. The van der Waals surface area contributed by atoms with Crippen LogP contribution in [0.15, 0.2) is 59.5 Å². The number of nitrogens with zero attached hydrogens (tertiary/aromatic N) is 1. The van der Waals surface area contributed by atoms with Crippen LogP contribution in [0.5, 0.6) is 0 Å². The Balaban J connectivity index is 1.80. The SMILES string of the molecule is Cc1ccc(-c2cc(C(=O)Nc3cccc(S(N)(=O)=O)c3)[nH]n2)cc1. The highest BCUT2D eigenvalue weighted by Gasteiger charge is 2.13. The highest BCUT2D eigenvalue weighted by atomic mass is 32.2. The van der Waals surface area contributed by atoms with Crippen LogP contribution >= 0.6 is 0 Å². The van der Waals surface area contributed by atoms with E-state index in [-0.39, 0.29) is 10.6 Å². The molecule has 0 saturated heterocycles. The van der Waals surface area contributed by atoms with Gasteiger partial charge in [-0.05, 0) is 31.2 Å². The Morgan fingerprint density at radius 2 is 1.84 bits per heavy atom. The van der Waals surface area contributed by atoms with Crippen molar-refractivity contribution >= 4 is 21.6 Å². The number of carbonyl (C=O) groups is 1. The molecule has 128 valence electrons. The summed E-state index contributed by atoms with van der Waals surface area (Å²) in [5.41, 5.74) is 3.24. The van der Waals surface area contributed by atoms with Gasteiger partial charge in [-0.2, -0.15) is 5.10 Å². The summed E-state index contributed by atoms with van der Waals surface area (Å²) in [5, 5.41) is 14.5. The number of hydrogen-bond donors (Lipinski definition) is 3. The number of aromatic nitrogens is 2. The van der Waals surface area contributed by atoms with E-state index in [0.717, 1.165) is 11.1 Å².